The Hall–Kier alpha value is -1.49. The molecular weight excluding hydrogens is 292 g/mol. The van der Waals surface area contributed by atoms with Gasteiger partial charge in [0.15, 0.2) is 11.5 Å². The molecule has 1 N–H and O–H groups in total. The van der Waals surface area contributed by atoms with Crippen molar-refractivity contribution in [1.82, 2.24) is 10.5 Å². The fourth-order valence-corrected chi connectivity index (χ4v) is 4.03. The predicted octanol–water partition coefficient (Wildman–Crippen LogP) is 2.75. The molecule has 2 atom stereocenters. The predicted molar refractivity (Wildman–Crippen MR) is 86.5 cm³/mol. The number of fused-ring (bicyclic) bond motifs is 1. The van der Waals surface area contributed by atoms with Gasteiger partial charge in [-0.15, -0.1) is 0 Å². The van der Waals surface area contributed by atoms with Crippen LogP contribution >= 0.6 is 0 Å². The highest BCUT2D eigenvalue weighted by Crippen LogP contribution is 2.39. The third-order valence-corrected chi connectivity index (χ3v) is 5.49. The summed E-state index contributed by atoms with van der Waals surface area (Å²) >= 11 is 0. The van der Waals surface area contributed by atoms with Crippen molar-refractivity contribution in [2.75, 3.05) is 13.1 Å². The van der Waals surface area contributed by atoms with Crippen molar-refractivity contribution in [2.45, 2.75) is 52.4 Å². The van der Waals surface area contributed by atoms with Crippen LogP contribution in [-0.2, 0) is 11.2 Å². The van der Waals surface area contributed by atoms with Crippen molar-refractivity contribution in [2.24, 2.45) is 17.8 Å². The van der Waals surface area contributed by atoms with Crippen molar-refractivity contribution in [3.05, 3.63) is 17.0 Å². The van der Waals surface area contributed by atoms with Crippen LogP contribution < -0.4 is 5.32 Å². The lowest BCUT2D eigenvalue weighted by atomic mass is 9.75. The number of rotatable bonds is 4. The highest BCUT2D eigenvalue weighted by Gasteiger charge is 2.39. The average molecular weight is 318 g/mol. The van der Waals surface area contributed by atoms with Crippen LogP contribution in [0.5, 0.6) is 0 Å². The number of piperidine rings is 1. The Bertz CT molecular complexity index is 599. The van der Waals surface area contributed by atoms with E-state index in [2.05, 4.69) is 24.3 Å². The van der Waals surface area contributed by atoms with Crippen LogP contribution in [0.2, 0.25) is 0 Å². The minimum Gasteiger partial charge on any atom is -0.360 e. The van der Waals surface area contributed by atoms with E-state index < -0.39 is 0 Å². The van der Waals surface area contributed by atoms with E-state index in [0.717, 1.165) is 38.0 Å². The largest absolute Gasteiger partial charge is 0.360 e. The van der Waals surface area contributed by atoms with E-state index in [0.29, 0.717) is 29.6 Å². The summed E-state index contributed by atoms with van der Waals surface area (Å²) in [7, 11) is 0. The molecule has 0 bridgehead atoms. The molecule has 23 heavy (non-hydrogen) atoms. The molecule has 1 fully saturated rings. The van der Waals surface area contributed by atoms with Gasteiger partial charge >= 0.3 is 0 Å². The number of carbonyl (C=O) groups excluding carboxylic acids is 2. The number of nitrogens with zero attached hydrogens (tertiary/aromatic N) is 1. The lowest BCUT2D eigenvalue weighted by molar-refractivity contribution is -0.120. The molecule has 1 aliphatic carbocycles. The lowest BCUT2D eigenvalue weighted by Gasteiger charge is -2.29. The molecule has 126 valence electrons. The molecule has 1 aromatic heterocycles. The van der Waals surface area contributed by atoms with E-state index in [-0.39, 0.29) is 23.4 Å². The fraction of sp³-hybridized carbons (Fsp3) is 0.722. The zero-order chi connectivity index (χ0) is 16.6. The van der Waals surface area contributed by atoms with Gasteiger partial charge in [-0.25, -0.2) is 0 Å². The molecule has 0 saturated carbocycles. The summed E-state index contributed by atoms with van der Waals surface area (Å²) in [5.74, 6) is 1.39. The van der Waals surface area contributed by atoms with Crippen molar-refractivity contribution in [3.8, 4) is 0 Å². The van der Waals surface area contributed by atoms with E-state index in [4.69, 9.17) is 4.52 Å². The summed E-state index contributed by atoms with van der Waals surface area (Å²) < 4.78 is 5.58. The Morgan fingerprint density at radius 3 is 2.52 bits per heavy atom. The molecule has 3 rings (SSSR count). The fourth-order valence-electron chi connectivity index (χ4n) is 4.03. The van der Waals surface area contributed by atoms with Crippen LogP contribution in [0.4, 0.5) is 0 Å². The Labute approximate surface area is 137 Å². The molecular formula is C18H26N2O3. The normalized spacial score (nSPS) is 23.8. The van der Waals surface area contributed by atoms with Gasteiger partial charge in [0.25, 0.3) is 0 Å². The van der Waals surface area contributed by atoms with Gasteiger partial charge in [0, 0.05) is 6.42 Å². The van der Waals surface area contributed by atoms with E-state index >= 15 is 0 Å². The van der Waals surface area contributed by atoms with Crippen LogP contribution in [0.3, 0.4) is 0 Å². The van der Waals surface area contributed by atoms with Crippen molar-refractivity contribution in [1.29, 1.82) is 0 Å². The number of hydrogen-bond donors (Lipinski definition) is 1. The second-order valence-corrected chi connectivity index (χ2v) is 7.38. The summed E-state index contributed by atoms with van der Waals surface area (Å²) in [4.78, 5) is 25.0. The summed E-state index contributed by atoms with van der Waals surface area (Å²) in [5, 5.41) is 7.49. The molecule has 0 spiro atoms. The topological polar surface area (TPSA) is 72.2 Å². The Morgan fingerprint density at radius 1 is 1.22 bits per heavy atom. The quantitative estimate of drug-likeness (QED) is 0.924. The monoisotopic (exact) mass is 318 g/mol. The SMILES string of the molecule is CC(=O)C(c1onc2c1C(=O)CC(C(C)C)C2)C1CCNCC1. The maximum Gasteiger partial charge on any atom is 0.168 e. The van der Waals surface area contributed by atoms with Crippen LogP contribution in [0.1, 0.15) is 67.8 Å². The summed E-state index contributed by atoms with van der Waals surface area (Å²) in [6.45, 7) is 7.70. The maximum atomic E-state index is 12.7. The summed E-state index contributed by atoms with van der Waals surface area (Å²) in [6, 6.07) is 0. The smallest absolute Gasteiger partial charge is 0.168 e. The number of ketones is 2. The van der Waals surface area contributed by atoms with Gasteiger partial charge in [-0.05, 0) is 57.0 Å². The average Bonchev–Trinajstić information content (AvgIpc) is 2.92. The highest BCUT2D eigenvalue weighted by atomic mass is 16.5. The second kappa shape index (κ2) is 6.56. The van der Waals surface area contributed by atoms with E-state index in [1.165, 1.54) is 0 Å². The highest BCUT2D eigenvalue weighted by molar-refractivity contribution is 6.00. The number of Topliss-reactive ketones (excluding diaryl/α,β-unsaturated/α-hetero) is 2. The Balaban J connectivity index is 1.94. The molecule has 0 amide bonds. The van der Waals surface area contributed by atoms with Crippen LogP contribution in [0.15, 0.2) is 4.52 Å². The first-order valence-corrected chi connectivity index (χ1v) is 8.71. The second-order valence-electron chi connectivity index (χ2n) is 7.38. The number of nitrogens with one attached hydrogen (secondary N) is 1. The Morgan fingerprint density at radius 2 is 1.91 bits per heavy atom. The van der Waals surface area contributed by atoms with Gasteiger partial charge in [0.05, 0.1) is 17.2 Å². The number of carbonyl (C=O) groups is 2. The van der Waals surface area contributed by atoms with Crippen molar-refractivity contribution >= 4 is 11.6 Å². The molecule has 5 nitrogen and oxygen atoms in total. The van der Waals surface area contributed by atoms with Crippen LogP contribution in [-0.4, -0.2) is 29.8 Å². The molecule has 2 aliphatic rings. The van der Waals surface area contributed by atoms with Gasteiger partial charge in [0.1, 0.15) is 5.78 Å². The zero-order valence-electron chi connectivity index (χ0n) is 14.2. The molecule has 0 aromatic carbocycles. The van der Waals surface area contributed by atoms with Gasteiger partial charge in [-0.3, -0.25) is 9.59 Å². The minimum atomic E-state index is -0.326. The van der Waals surface area contributed by atoms with Crippen molar-refractivity contribution < 1.29 is 14.1 Å². The van der Waals surface area contributed by atoms with Gasteiger partial charge in [-0.2, -0.15) is 0 Å². The molecule has 1 aliphatic heterocycles. The van der Waals surface area contributed by atoms with E-state index in [1.54, 1.807) is 6.92 Å². The zero-order valence-corrected chi connectivity index (χ0v) is 14.2. The summed E-state index contributed by atoms with van der Waals surface area (Å²) in [6.07, 6.45) is 3.18. The van der Waals surface area contributed by atoms with Crippen molar-refractivity contribution in [3.63, 3.8) is 0 Å². The third kappa shape index (κ3) is 3.11. The molecule has 2 heterocycles. The molecule has 1 aromatic rings. The molecule has 0 radical (unpaired) electrons. The van der Waals surface area contributed by atoms with Crippen LogP contribution in [0, 0.1) is 17.8 Å². The lowest BCUT2D eigenvalue weighted by Crippen LogP contribution is -2.34. The first kappa shape index (κ1) is 16.4. The van der Waals surface area contributed by atoms with E-state index in [1.807, 2.05) is 0 Å². The van der Waals surface area contributed by atoms with Gasteiger partial charge in [0.2, 0.25) is 0 Å². The first-order valence-electron chi connectivity index (χ1n) is 8.71. The van der Waals surface area contributed by atoms with Gasteiger partial charge in [-0.1, -0.05) is 19.0 Å². The standard InChI is InChI=1S/C18H26N2O3/c1-10(2)13-8-14-17(15(22)9-13)18(23-20-14)16(11(3)21)12-4-6-19-7-5-12/h10,12-13,16,19H,4-9H2,1-3H3. The Kier molecular flexibility index (Phi) is 4.67. The summed E-state index contributed by atoms with van der Waals surface area (Å²) in [5.41, 5.74) is 1.37. The molecule has 1 saturated heterocycles. The van der Waals surface area contributed by atoms with Crippen LogP contribution in [0.25, 0.3) is 0 Å². The molecule has 5 heteroatoms. The first-order chi connectivity index (χ1) is 11.0. The minimum absolute atomic E-state index is 0.0784. The van der Waals surface area contributed by atoms with E-state index in [9.17, 15) is 9.59 Å². The maximum absolute atomic E-state index is 12.7. The third-order valence-electron chi connectivity index (χ3n) is 5.49. The van der Waals surface area contributed by atoms with Gasteiger partial charge < -0.3 is 9.84 Å². The molecule has 2 unspecified atom stereocenters. The number of aromatic nitrogens is 1. The number of hydrogen-bond acceptors (Lipinski definition) is 5.